The van der Waals surface area contributed by atoms with Crippen molar-refractivity contribution in [3.05, 3.63) is 48.0 Å². The van der Waals surface area contributed by atoms with Gasteiger partial charge in [0, 0.05) is 11.8 Å². The van der Waals surface area contributed by atoms with Crippen molar-refractivity contribution in [1.82, 2.24) is 4.72 Å². The lowest BCUT2D eigenvalue weighted by Crippen LogP contribution is -2.48. The molecule has 11 heteroatoms. The molecule has 2 rings (SSSR count). The van der Waals surface area contributed by atoms with Crippen LogP contribution in [-0.4, -0.2) is 57.4 Å². The zero-order valence-corrected chi connectivity index (χ0v) is 20.3. The first-order valence-electron chi connectivity index (χ1n) is 10.7. The molecule has 0 aliphatic rings. The second-order valence-corrected chi connectivity index (χ2v) is 9.05. The summed E-state index contributed by atoms with van der Waals surface area (Å²) in [5.74, 6) is -0.790. The highest BCUT2D eigenvalue weighted by Crippen LogP contribution is 2.30. The number of hydrogen-bond acceptors (Lipinski definition) is 8. The van der Waals surface area contributed by atoms with E-state index in [1.165, 1.54) is 19.1 Å². The molecule has 2 aromatic rings. The van der Waals surface area contributed by atoms with Crippen LogP contribution in [0.1, 0.15) is 26.3 Å². The van der Waals surface area contributed by atoms with Crippen molar-refractivity contribution in [1.29, 1.82) is 0 Å². The zero-order chi connectivity index (χ0) is 25.3. The fourth-order valence-corrected chi connectivity index (χ4v) is 4.11. The van der Waals surface area contributed by atoms with Crippen LogP contribution < -0.4 is 19.5 Å². The van der Waals surface area contributed by atoms with Crippen molar-refractivity contribution in [3.63, 3.8) is 0 Å². The van der Waals surface area contributed by atoms with E-state index in [0.29, 0.717) is 30.4 Å². The number of benzene rings is 2. The molecule has 3 N–H and O–H groups in total. The van der Waals surface area contributed by atoms with Gasteiger partial charge in [0.2, 0.25) is 10.0 Å². The minimum Gasteiger partial charge on any atom is -0.490 e. The number of carbonyl (C=O) groups excluding carboxylic acids is 2. The van der Waals surface area contributed by atoms with Crippen LogP contribution >= 0.6 is 0 Å². The molecule has 0 fully saturated rings. The van der Waals surface area contributed by atoms with Gasteiger partial charge in [-0.1, -0.05) is 17.7 Å². The summed E-state index contributed by atoms with van der Waals surface area (Å²) in [6.07, 6.45) is -1.41. The molecule has 2 aromatic carbocycles. The Balaban J connectivity index is 2.01. The van der Waals surface area contributed by atoms with Gasteiger partial charge in [-0.15, -0.1) is 0 Å². The number of aliphatic hydroxyl groups excluding tert-OH is 1. The van der Waals surface area contributed by atoms with E-state index in [4.69, 9.17) is 14.2 Å². The first-order chi connectivity index (χ1) is 16.1. The Morgan fingerprint density at radius 2 is 1.62 bits per heavy atom. The van der Waals surface area contributed by atoms with E-state index in [1.807, 2.05) is 13.8 Å². The van der Waals surface area contributed by atoms with Crippen LogP contribution in [0.15, 0.2) is 47.4 Å². The maximum Gasteiger partial charge on any atom is 0.327 e. The number of rotatable bonds is 12. The van der Waals surface area contributed by atoms with Crippen molar-refractivity contribution in [2.75, 3.05) is 25.1 Å². The number of aliphatic hydroxyl groups is 1. The number of hydrogen-bond donors (Lipinski definition) is 3. The molecule has 186 valence electrons. The molecule has 2 atom stereocenters. The molecule has 0 saturated heterocycles. The largest absolute Gasteiger partial charge is 0.490 e. The number of amides is 1. The summed E-state index contributed by atoms with van der Waals surface area (Å²) in [4.78, 5) is 24.6. The van der Waals surface area contributed by atoms with Crippen molar-refractivity contribution in [2.45, 2.75) is 44.7 Å². The van der Waals surface area contributed by atoms with Gasteiger partial charge in [-0.3, -0.25) is 9.59 Å². The summed E-state index contributed by atoms with van der Waals surface area (Å²) in [6.45, 7) is 6.83. The first-order valence-corrected chi connectivity index (χ1v) is 12.2. The second-order valence-electron chi connectivity index (χ2n) is 7.34. The normalized spacial score (nSPS) is 13.0. The van der Waals surface area contributed by atoms with Gasteiger partial charge in [0.05, 0.1) is 24.2 Å². The molecule has 0 bridgehead atoms. The standard InChI is InChI=1S/C23H30N2O8S/c1-5-31-19-12-9-17(13-20(19)32-6-2)24-21(27)14-33-23(28)22(16(4)26)25-34(29,30)18-10-7-15(3)8-11-18/h7-13,16,22,25-26H,5-6,14H2,1-4H3,(H,24,27)/t16-,22-/m0/s1. The van der Waals surface area contributed by atoms with E-state index in [0.717, 1.165) is 5.56 Å². The van der Waals surface area contributed by atoms with E-state index in [-0.39, 0.29) is 4.90 Å². The highest BCUT2D eigenvalue weighted by Gasteiger charge is 2.31. The molecule has 0 unspecified atom stereocenters. The number of ether oxygens (including phenoxy) is 3. The van der Waals surface area contributed by atoms with Gasteiger partial charge in [0.15, 0.2) is 18.1 Å². The van der Waals surface area contributed by atoms with Gasteiger partial charge in [-0.05, 0) is 52.0 Å². The van der Waals surface area contributed by atoms with Gasteiger partial charge in [-0.2, -0.15) is 4.72 Å². The monoisotopic (exact) mass is 494 g/mol. The van der Waals surface area contributed by atoms with Gasteiger partial charge >= 0.3 is 5.97 Å². The lowest BCUT2D eigenvalue weighted by molar-refractivity contribution is -0.151. The van der Waals surface area contributed by atoms with E-state index >= 15 is 0 Å². The summed E-state index contributed by atoms with van der Waals surface area (Å²) in [6, 6.07) is 9.17. The smallest absolute Gasteiger partial charge is 0.327 e. The van der Waals surface area contributed by atoms with Crippen molar-refractivity contribution in [2.24, 2.45) is 0 Å². The average Bonchev–Trinajstić information content (AvgIpc) is 2.78. The molecule has 0 saturated carbocycles. The van der Waals surface area contributed by atoms with Crippen LogP contribution in [0, 0.1) is 6.92 Å². The van der Waals surface area contributed by atoms with Gasteiger partial charge in [0.1, 0.15) is 6.04 Å². The van der Waals surface area contributed by atoms with Gasteiger partial charge in [0.25, 0.3) is 5.91 Å². The number of carbonyl (C=O) groups is 2. The highest BCUT2D eigenvalue weighted by atomic mass is 32.2. The SMILES string of the molecule is CCOc1ccc(NC(=O)COC(=O)[C@@H](NS(=O)(=O)c2ccc(C)cc2)[C@H](C)O)cc1OCC. The van der Waals surface area contributed by atoms with E-state index in [9.17, 15) is 23.1 Å². The molecule has 0 aliphatic carbocycles. The molecule has 34 heavy (non-hydrogen) atoms. The summed E-state index contributed by atoms with van der Waals surface area (Å²) in [5.41, 5.74) is 1.25. The molecule has 0 aromatic heterocycles. The Labute approximate surface area is 199 Å². The van der Waals surface area contributed by atoms with Crippen LogP contribution in [0.2, 0.25) is 0 Å². The van der Waals surface area contributed by atoms with Crippen molar-refractivity contribution < 1.29 is 37.3 Å². The predicted molar refractivity (Wildman–Crippen MR) is 125 cm³/mol. The Hall–Kier alpha value is -3.15. The number of aryl methyl sites for hydroxylation is 1. The lowest BCUT2D eigenvalue weighted by atomic mass is 10.2. The Morgan fingerprint density at radius 1 is 1.00 bits per heavy atom. The number of anilines is 1. The molecule has 1 amide bonds. The molecular weight excluding hydrogens is 464 g/mol. The van der Waals surface area contributed by atoms with Gasteiger partial charge in [-0.25, -0.2) is 8.42 Å². The number of nitrogens with one attached hydrogen (secondary N) is 2. The maximum absolute atomic E-state index is 12.6. The molecule has 0 spiro atoms. The number of esters is 1. The third kappa shape index (κ3) is 7.72. The maximum atomic E-state index is 12.6. The fourth-order valence-electron chi connectivity index (χ4n) is 2.85. The third-order valence-electron chi connectivity index (χ3n) is 4.52. The Morgan fingerprint density at radius 3 is 2.21 bits per heavy atom. The lowest BCUT2D eigenvalue weighted by Gasteiger charge is -2.20. The predicted octanol–water partition coefficient (Wildman–Crippen LogP) is 2.00. The molecule has 0 aliphatic heterocycles. The molecular formula is C23H30N2O8S. The summed E-state index contributed by atoms with van der Waals surface area (Å²) in [5, 5.41) is 12.5. The third-order valence-corrected chi connectivity index (χ3v) is 5.98. The van der Waals surface area contributed by atoms with E-state index < -0.39 is 40.7 Å². The topological polar surface area (TPSA) is 140 Å². The zero-order valence-electron chi connectivity index (χ0n) is 19.5. The highest BCUT2D eigenvalue weighted by molar-refractivity contribution is 7.89. The number of sulfonamides is 1. The van der Waals surface area contributed by atoms with Crippen molar-refractivity contribution >= 4 is 27.6 Å². The van der Waals surface area contributed by atoms with Crippen LogP contribution in [0.5, 0.6) is 11.5 Å². The minimum absolute atomic E-state index is 0.0742. The van der Waals surface area contributed by atoms with E-state index in [2.05, 4.69) is 10.0 Å². The summed E-state index contributed by atoms with van der Waals surface area (Å²) in [7, 11) is -4.11. The van der Waals surface area contributed by atoms with Crippen LogP contribution in [0.3, 0.4) is 0 Å². The van der Waals surface area contributed by atoms with E-state index in [1.54, 1.807) is 37.3 Å². The molecule has 10 nitrogen and oxygen atoms in total. The Kier molecular flexibility index (Phi) is 9.84. The minimum atomic E-state index is -4.11. The second kappa shape index (κ2) is 12.4. The van der Waals surface area contributed by atoms with Crippen LogP contribution in [0.25, 0.3) is 0 Å². The molecule has 0 radical (unpaired) electrons. The molecule has 0 heterocycles. The van der Waals surface area contributed by atoms with Crippen LogP contribution in [0.4, 0.5) is 5.69 Å². The Bertz CT molecular complexity index is 1080. The quantitative estimate of drug-likeness (QED) is 0.381. The first kappa shape index (κ1) is 27.1. The average molecular weight is 495 g/mol. The van der Waals surface area contributed by atoms with Crippen molar-refractivity contribution in [3.8, 4) is 11.5 Å². The summed E-state index contributed by atoms with van der Waals surface area (Å²) >= 11 is 0. The summed E-state index contributed by atoms with van der Waals surface area (Å²) < 4.78 is 43.2. The van der Waals surface area contributed by atoms with Gasteiger partial charge < -0.3 is 24.6 Å². The fraction of sp³-hybridized carbons (Fsp3) is 0.391. The van der Waals surface area contributed by atoms with Crippen LogP contribution in [-0.2, 0) is 24.3 Å².